The third-order valence-corrected chi connectivity index (χ3v) is 4.77. The summed E-state index contributed by atoms with van der Waals surface area (Å²) in [6.07, 6.45) is 1.57. The molecule has 1 aromatic carbocycles. The topological polar surface area (TPSA) is 54.9 Å². The Morgan fingerprint density at radius 1 is 1.04 bits per heavy atom. The second-order valence-corrected chi connectivity index (χ2v) is 6.65. The molecule has 0 atom stereocenters. The Bertz CT molecular complexity index is 808. The number of hydrogen-bond donors (Lipinski definition) is 0. The summed E-state index contributed by atoms with van der Waals surface area (Å²) in [4.78, 5) is 20.9. The van der Waals surface area contributed by atoms with Crippen LogP contribution in [0.25, 0.3) is 0 Å². The van der Waals surface area contributed by atoms with Gasteiger partial charge in [0.1, 0.15) is 5.82 Å². The number of halogens is 2. The Kier molecular flexibility index (Phi) is 5.74. The maximum absolute atomic E-state index is 12.8. The lowest BCUT2D eigenvalue weighted by Crippen LogP contribution is -2.49. The molecule has 26 heavy (non-hydrogen) atoms. The van der Waals surface area contributed by atoms with Crippen molar-refractivity contribution >= 4 is 34.9 Å². The van der Waals surface area contributed by atoms with E-state index in [9.17, 15) is 4.79 Å². The van der Waals surface area contributed by atoms with Gasteiger partial charge in [0.05, 0.1) is 24.3 Å². The van der Waals surface area contributed by atoms with Crippen LogP contribution in [0.4, 0.5) is 5.82 Å². The molecule has 1 aromatic heterocycles. The fourth-order valence-electron chi connectivity index (χ4n) is 2.91. The fraction of sp³-hybridized carbons (Fsp3) is 0.333. The number of carbonyl (C=O) groups is 1. The zero-order valence-electron chi connectivity index (χ0n) is 14.5. The van der Waals surface area contributed by atoms with Gasteiger partial charge in [-0.3, -0.25) is 4.79 Å². The summed E-state index contributed by atoms with van der Waals surface area (Å²) in [5.41, 5.74) is 0.568. The Labute approximate surface area is 162 Å². The van der Waals surface area contributed by atoms with Crippen LogP contribution in [0, 0.1) is 0 Å². The molecule has 2 heterocycles. The van der Waals surface area contributed by atoms with Crippen LogP contribution >= 0.6 is 23.2 Å². The number of nitrogens with zero attached hydrogens (tertiary/aromatic N) is 3. The molecule has 3 rings (SSSR count). The summed E-state index contributed by atoms with van der Waals surface area (Å²) in [6, 6.07) is 6.85. The highest BCUT2D eigenvalue weighted by Crippen LogP contribution is 2.29. The molecular formula is C18H19Cl2N3O3. The normalized spacial score (nSPS) is 14.3. The summed E-state index contributed by atoms with van der Waals surface area (Å²) in [5.74, 6) is 1.78. The lowest BCUT2D eigenvalue weighted by Gasteiger charge is -2.35. The van der Waals surface area contributed by atoms with Gasteiger partial charge in [0.2, 0.25) is 0 Å². The number of ether oxygens (including phenoxy) is 2. The van der Waals surface area contributed by atoms with E-state index >= 15 is 0 Å². The third kappa shape index (κ3) is 3.81. The molecular weight excluding hydrogens is 377 g/mol. The lowest BCUT2D eigenvalue weighted by molar-refractivity contribution is 0.0746. The van der Waals surface area contributed by atoms with E-state index in [1.807, 2.05) is 4.90 Å². The maximum Gasteiger partial charge on any atom is 0.254 e. The smallest absolute Gasteiger partial charge is 0.254 e. The summed E-state index contributed by atoms with van der Waals surface area (Å²) in [6.45, 7) is 2.45. The highest BCUT2D eigenvalue weighted by atomic mass is 35.5. The molecule has 0 saturated carbocycles. The fourth-order valence-corrected chi connectivity index (χ4v) is 3.41. The lowest BCUT2D eigenvalue weighted by atomic mass is 10.1. The molecule has 1 aliphatic rings. The first-order valence-corrected chi connectivity index (χ1v) is 8.86. The van der Waals surface area contributed by atoms with Crippen molar-refractivity contribution in [2.24, 2.45) is 0 Å². The molecule has 1 fully saturated rings. The molecule has 0 spiro atoms. The molecule has 0 bridgehead atoms. The monoisotopic (exact) mass is 395 g/mol. The highest BCUT2D eigenvalue weighted by molar-refractivity contribution is 6.36. The summed E-state index contributed by atoms with van der Waals surface area (Å²) in [5, 5.41) is 1.01. The van der Waals surface area contributed by atoms with Gasteiger partial charge in [-0.05, 0) is 24.3 Å². The first kappa shape index (κ1) is 18.6. The zero-order chi connectivity index (χ0) is 18.7. The summed E-state index contributed by atoms with van der Waals surface area (Å²) < 4.78 is 10.5. The van der Waals surface area contributed by atoms with Gasteiger partial charge in [0.25, 0.3) is 5.91 Å². The van der Waals surface area contributed by atoms with Gasteiger partial charge in [-0.2, -0.15) is 0 Å². The van der Waals surface area contributed by atoms with Gasteiger partial charge >= 0.3 is 0 Å². The van der Waals surface area contributed by atoms with Crippen molar-refractivity contribution in [1.82, 2.24) is 9.88 Å². The quantitative estimate of drug-likeness (QED) is 0.793. The minimum absolute atomic E-state index is 0.0410. The Morgan fingerprint density at radius 2 is 1.73 bits per heavy atom. The Hall–Kier alpha value is -2.18. The Balaban J connectivity index is 1.68. The average Bonchev–Trinajstić information content (AvgIpc) is 2.67. The highest BCUT2D eigenvalue weighted by Gasteiger charge is 2.24. The molecule has 0 radical (unpaired) electrons. The van der Waals surface area contributed by atoms with Crippen LogP contribution in [0.1, 0.15) is 10.4 Å². The molecule has 0 N–H and O–H groups in total. The number of pyridine rings is 1. The van der Waals surface area contributed by atoms with Crippen LogP contribution < -0.4 is 14.4 Å². The van der Waals surface area contributed by atoms with Crippen molar-refractivity contribution in [1.29, 1.82) is 0 Å². The number of rotatable bonds is 4. The second-order valence-electron chi connectivity index (χ2n) is 5.81. The predicted molar refractivity (Wildman–Crippen MR) is 102 cm³/mol. The molecule has 1 aliphatic heterocycles. The molecule has 0 unspecified atom stereocenters. The van der Waals surface area contributed by atoms with Crippen LogP contribution in [0.2, 0.25) is 10.0 Å². The van der Waals surface area contributed by atoms with E-state index in [1.165, 1.54) is 0 Å². The first-order valence-electron chi connectivity index (χ1n) is 8.10. The zero-order valence-corrected chi connectivity index (χ0v) is 16.0. The van der Waals surface area contributed by atoms with Crippen molar-refractivity contribution < 1.29 is 14.3 Å². The molecule has 1 amide bonds. The first-order chi connectivity index (χ1) is 12.5. The number of hydrogen-bond acceptors (Lipinski definition) is 5. The minimum atomic E-state index is -0.0410. The number of carbonyl (C=O) groups excluding carboxylic acids is 1. The number of aromatic nitrogens is 1. The van der Waals surface area contributed by atoms with Gasteiger partial charge in [-0.1, -0.05) is 23.2 Å². The number of methoxy groups -OCH3 is 2. The van der Waals surface area contributed by atoms with Crippen molar-refractivity contribution in [3.8, 4) is 11.5 Å². The molecule has 2 aromatic rings. The second kappa shape index (κ2) is 8.01. The van der Waals surface area contributed by atoms with Crippen molar-refractivity contribution in [2.75, 3.05) is 45.3 Å². The van der Waals surface area contributed by atoms with E-state index < -0.39 is 0 Å². The van der Waals surface area contributed by atoms with Crippen molar-refractivity contribution in [3.63, 3.8) is 0 Å². The number of amides is 1. The van der Waals surface area contributed by atoms with Gasteiger partial charge in [0, 0.05) is 37.9 Å². The maximum atomic E-state index is 12.8. The average molecular weight is 396 g/mol. The van der Waals surface area contributed by atoms with E-state index in [0.29, 0.717) is 59.1 Å². The summed E-state index contributed by atoms with van der Waals surface area (Å²) >= 11 is 12.1. The number of benzene rings is 1. The van der Waals surface area contributed by atoms with E-state index in [1.54, 1.807) is 44.7 Å². The Morgan fingerprint density at radius 3 is 2.35 bits per heavy atom. The molecule has 1 saturated heterocycles. The van der Waals surface area contributed by atoms with Gasteiger partial charge in [-0.15, -0.1) is 0 Å². The number of anilines is 1. The van der Waals surface area contributed by atoms with Crippen LogP contribution in [0.5, 0.6) is 11.5 Å². The van der Waals surface area contributed by atoms with Gasteiger partial charge in [0.15, 0.2) is 11.5 Å². The van der Waals surface area contributed by atoms with Crippen molar-refractivity contribution in [3.05, 3.63) is 46.1 Å². The predicted octanol–water partition coefficient (Wildman–Crippen LogP) is 3.37. The molecule has 0 aliphatic carbocycles. The van der Waals surface area contributed by atoms with Crippen LogP contribution in [0.3, 0.4) is 0 Å². The molecule has 8 heteroatoms. The van der Waals surface area contributed by atoms with Crippen LogP contribution in [-0.2, 0) is 0 Å². The SMILES string of the molecule is COc1ccc(C(=O)N2CCN(c3ncc(Cl)cc3Cl)CC2)cc1OC. The van der Waals surface area contributed by atoms with Crippen LogP contribution in [-0.4, -0.2) is 56.2 Å². The van der Waals surface area contributed by atoms with E-state index in [2.05, 4.69) is 9.88 Å². The van der Waals surface area contributed by atoms with Gasteiger partial charge in [-0.25, -0.2) is 4.98 Å². The van der Waals surface area contributed by atoms with Crippen molar-refractivity contribution in [2.45, 2.75) is 0 Å². The van der Waals surface area contributed by atoms with E-state index in [0.717, 1.165) is 0 Å². The minimum Gasteiger partial charge on any atom is -0.493 e. The van der Waals surface area contributed by atoms with Gasteiger partial charge < -0.3 is 19.3 Å². The summed E-state index contributed by atoms with van der Waals surface area (Å²) in [7, 11) is 3.11. The largest absolute Gasteiger partial charge is 0.493 e. The molecule has 6 nitrogen and oxygen atoms in total. The van der Waals surface area contributed by atoms with E-state index in [4.69, 9.17) is 32.7 Å². The van der Waals surface area contributed by atoms with E-state index in [-0.39, 0.29) is 5.91 Å². The van der Waals surface area contributed by atoms with Crippen LogP contribution in [0.15, 0.2) is 30.5 Å². The third-order valence-electron chi connectivity index (χ3n) is 4.29. The standard InChI is InChI=1S/C18H19Cl2N3O3/c1-25-15-4-3-12(9-16(15)26-2)18(24)23-7-5-22(6-8-23)17-14(20)10-13(19)11-21-17/h3-4,9-11H,5-8H2,1-2H3. The number of piperazine rings is 1. The molecule has 138 valence electrons.